The molecule has 0 aromatic heterocycles. The molecule has 0 fully saturated rings. The quantitative estimate of drug-likeness (QED) is 0.839. The molecular formula is C13H20F2N2O2S. The summed E-state index contributed by atoms with van der Waals surface area (Å²) in [7, 11) is -1.01. The standard InChI is InChI=1S/C13H20F2N2O2S/c1-4-5-8-17(3)20(18,19)12-7-6-11(14)10(9-16-2)13(12)15/h6-7,16H,4-5,8-9H2,1-3H3. The molecule has 114 valence electrons. The maximum atomic E-state index is 14.2. The number of nitrogens with one attached hydrogen (secondary N) is 1. The molecule has 0 spiro atoms. The van der Waals surface area contributed by atoms with Gasteiger partial charge in [0.25, 0.3) is 0 Å². The Morgan fingerprint density at radius 2 is 1.95 bits per heavy atom. The zero-order valence-electron chi connectivity index (χ0n) is 11.9. The van der Waals surface area contributed by atoms with Crippen molar-refractivity contribution < 1.29 is 17.2 Å². The lowest BCUT2D eigenvalue weighted by Crippen LogP contribution is -2.29. The lowest BCUT2D eigenvalue weighted by molar-refractivity contribution is 0.450. The fraction of sp³-hybridized carbons (Fsp3) is 0.538. The minimum absolute atomic E-state index is 0.0697. The number of sulfonamides is 1. The Hall–Kier alpha value is -1.05. The summed E-state index contributed by atoms with van der Waals surface area (Å²) in [5, 5.41) is 2.62. The van der Waals surface area contributed by atoms with Crippen molar-refractivity contribution in [1.29, 1.82) is 0 Å². The van der Waals surface area contributed by atoms with Crippen LogP contribution in [-0.2, 0) is 16.6 Å². The van der Waals surface area contributed by atoms with E-state index in [1.807, 2.05) is 6.92 Å². The Bertz CT molecular complexity index is 562. The summed E-state index contributed by atoms with van der Waals surface area (Å²) in [6, 6.07) is 1.96. The molecule has 0 atom stereocenters. The van der Waals surface area contributed by atoms with E-state index in [0.29, 0.717) is 13.0 Å². The van der Waals surface area contributed by atoms with Gasteiger partial charge < -0.3 is 5.32 Å². The van der Waals surface area contributed by atoms with E-state index in [2.05, 4.69) is 5.32 Å². The van der Waals surface area contributed by atoms with E-state index >= 15 is 0 Å². The van der Waals surface area contributed by atoms with E-state index in [4.69, 9.17) is 0 Å². The van der Waals surface area contributed by atoms with Gasteiger partial charge in [-0.05, 0) is 25.6 Å². The molecule has 0 aliphatic rings. The van der Waals surface area contributed by atoms with Gasteiger partial charge in [0, 0.05) is 25.7 Å². The Morgan fingerprint density at radius 3 is 2.50 bits per heavy atom. The van der Waals surface area contributed by atoms with Crippen molar-refractivity contribution in [3.8, 4) is 0 Å². The summed E-state index contributed by atoms with van der Waals surface area (Å²) in [5.74, 6) is -1.78. The molecule has 0 saturated carbocycles. The van der Waals surface area contributed by atoms with Gasteiger partial charge in [0.05, 0.1) is 0 Å². The summed E-state index contributed by atoms with van der Waals surface area (Å²) in [6.45, 7) is 2.17. The molecule has 0 aliphatic heterocycles. The Kier molecular flexibility index (Phi) is 6.04. The number of unbranched alkanes of at least 4 members (excludes halogenated alkanes) is 1. The molecule has 1 aromatic carbocycles. The number of rotatable bonds is 7. The maximum Gasteiger partial charge on any atom is 0.245 e. The fourth-order valence-corrected chi connectivity index (χ4v) is 3.08. The zero-order valence-corrected chi connectivity index (χ0v) is 12.7. The number of halogens is 2. The van der Waals surface area contributed by atoms with Crippen LogP contribution in [0.3, 0.4) is 0 Å². The van der Waals surface area contributed by atoms with E-state index < -0.39 is 26.6 Å². The molecule has 1 N–H and O–H groups in total. The lowest BCUT2D eigenvalue weighted by atomic mass is 10.2. The molecule has 4 nitrogen and oxygen atoms in total. The average molecular weight is 306 g/mol. The van der Waals surface area contributed by atoms with Crippen molar-refractivity contribution in [2.75, 3.05) is 20.6 Å². The molecule has 0 heterocycles. The molecule has 0 saturated heterocycles. The van der Waals surface area contributed by atoms with Crippen LogP contribution in [0.1, 0.15) is 25.3 Å². The fourth-order valence-electron chi connectivity index (χ4n) is 1.78. The van der Waals surface area contributed by atoms with E-state index in [0.717, 1.165) is 22.9 Å². The van der Waals surface area contributed by atoms with Crippen molar-refractivity contribution in [3.63, 3.8) is 0 Å². The average Bonchev–Trinajstić information content (AvgIpc) is 2.40. The second-order valence-corrected chi connectivity index (χ2v) is 6.56. The van der Waals surface area contributed by atoms with Gasteiger partial charge in [0.15, 0.2) is 5.82 Å². The molecule has 20 heavy (non-hydrogen) atoms. The Balaban J connectivity index is 3.22. The zero-order chi connectivity index (χ0) is 15.3. The van der Waals surface area contributed by atoms with Crippen molar-refractivity contribution in [2.45, 2.75) is 31.2 Å². The lowest BCUT2D eigenvalue weighted by Gasteiger charge is -2.18. The van der Waals surface area contributed by atoms with E-state index in [1.165, 1.54) is 14.1 Å². The topological polar surface area (TPSA) is 49.4 Å². The number of hydrogen-bond acceptors (Lipinski definition) is 3. The van der Waals surface area contributed by atoms with Crippen LogP contribution in [-0.4, -0.2) is 33.4 Å². The molecule has 7 heteroatoms. The normalized spacial score (nSPS) is 12.1. The summed E-state index contributed by atoms with van der Waals surface area (Å²) < 4.78 is 53.4. The van der Waals surface area contributed by atoms with Crippen LogP contribution in [0.15, 0.2) is 17.0 Å². The minimum Gasteiger partial charge on any atom is -0.315 e. The summed E-state index contributed by atoms with van der Waals surface area (Å²) in [4.78, 5) is -0.484. The van der Waals surface area contributed by atoms with Crippen molar-refractivity contribution >= 4 is 10.0 Å². The first-order valence-corrected chi connectivity index (χ1v) is 7.88. The van der Waals surface area contributed by atoms with Crippen LogP contribution in [0.25, 0.3) is 0 Å². The van der Waals surface area contributed by atoms with Gasteiger partial charge in [-0.2, -0.15) is 0 Å². The summed E-state index contributed by atoms with van der Waals surface area (Å²) >= 11 is 0. The Morgan fingerprint density at radius 1 is 1.30 bits per heavy atom. The third kappa shape index (κ3) is 3.53. The van der Waals surface area contributed by atoms with Gasteiger partial charge in [-0.1, -0.05) is 13.3 Å². The highest BCUT2D eigenvalue weighted by Crippen LogP contribution is 2.23. The first kappa shape index (κ1) is 17.0. The van der Waals surface area contributed by atoms with Crippen molar-refractivity contribution in [2.24, 2.45) is 0 Å². The molecule has 0 aliphatic carbocycles. The Labute approximate surface area is 118 Å². The number of nitrogens with zero attached hydrogens (tertiary/aromatic N) is 1. The second kappa shape index (κ2) is 7.10. The van der Waals surface area contributed by atoms with Gasteiger partial charge in [-0.15, -0.1) is 0 Å². The van der Waals surface area contributed by atoms with Crippen molar-refractivity contribution in [1.82, 2.24) is 9.62 Å². The molecular weight excluding hydrogens is 286 g/mol. The third-order valence-corrected chi connectivity index (χ3v) is 4.89. The molecule has 1 aromatic rings. The predicted octanol–water partition coefficient (Wildman–Crippen LogP) is 2.10. The monoisotopic (exact) mass is 306 g/mol. The van der Waals surface area contributed by atoms with Gasteiger partial charge in [-0.25, -0.2) is 21.5 Å². The summed E-state index contributed by atoms with van der Waals surface area (Å²) in [6.07, 6.45) is 1.51. The molecule has 0 amide bonds. The first-order valence-electron chi connectivity index (χ1n) is 6.44. The van der Waals surface area contributed by atoms with E-state index in [-0.39, 0.29) is 12.1 Å². The highest BCUT2D eigenvalue weighted by Gasteiger charge is 2.26. The third-order valence-electron chi connectivity index (χ3n) is 3.02. The number of benzene rings is 1. The van der Waals surface area contributed by atoms with Crippen LogP contribution in [0.5, 0.6) is 0 Å². The number of hydrogen-bond donors (Lipinski definition) is 1. The van der Waals surface area contributed by atoms with Crippen LogP contribution in [0.2, 0.25) is 0 Å². The first-order chi connectivity index (χ1) is 9.36. The molecule has 0 radical (unpaired) electrons. The second-order valence-electron chi connectivity index (χ2n) is 4.55. The molecule has 1 rings (SSSR count). The van der Waals surface area contributed by atoms with Gasteiger partial charge in [0.2, 0.25) is 10.0 Å². The SMILES string of the molecule is CCCCN(C)S(=O)(=O)c1ccc(F)c(CNC)c1F. The van der Waals surface area contributed by atoms with Crippen molar-refractivity contribution in [3.05, 3.63) is 29.3 Å². The largest absolute Gasteiger partial charge is 0.315 e. The van der Waals surface area contributed by atoms with Crippen LogP contribution < -0.4 is 5.32 Å². The highest BCUT2D eigenvalue weighted by molar-refractivity contribution is 7.89. The van der Waals surface area contributed by atoms with Gasteiger partial charge in [0.1, 0.15) is 10.7 Å². The van der Waals surface area contributed by atoms with E-state index in [9.17, 15) is 17.2 Å². The van der Waals surface area contributed by atoms with Crippen LogP contribution in [0.4, 0.5) is 8.78 Å². The van der Waals surface area contributed by atoms with Gasteiger partial charge in [-0.3, -0.25) is 0 Å². The highest BCUT2D eigenvalue weighted by atomic mass is 32.2. The minimum atomic E-state index is -3.94. The maximum absolute atomic E-state index is 14.2. The van der Waals surface area contributed by atoms with E-state index in [1.54, 1.807) is 0 Å². The van der Waals surface area contributed by atoms with Gasteiger partial charge >= 0.3 is 0 Å². The van der Waals surface area contributed by atoms with Crippen LogP contribution >= 0.6 is 0 Å². The summed E-state index contributed by atoms with van der Waals surface area (Å²) in [5.41, 5.74) is -0.266. The predicted molar refractivity (Wildman–Crippen MR) is 73.8 cm³/mol. The molecule has 0 bridgehead atoms. The molecule has 0 unspecified atom stereocenters. The smallest absolute Gasteiger partial charge is 0.245 e. The van der Waals surface area contributed by atoms with Crippen LogP contribution in [0, 0.1) is 11.6 Å².